The average Bonchev–Trinajstić information content (AvgIpc) is 2.26. The summed E-state index contributed by atoms with van der Waals surface area (Å²) in [6, 6.07) is 7.14. The van der Waals surface area contributed by atoms with Crippen molar-refractivity contribution in [3.05, 3.63) is 24.3 Å². The van der Waals surface area contributed by atoms with Gasteiger partial charge in [-0.3, -0.25) is 4.79 Å². The highest BCUT2D eigenvalue weighted by molar-refractivity contribution is 5.91. The molecule has 18 heavy (non-hydrogen) atoms. The summed E-state index contributed by atoms with van der Waals surface area (Å²) in [5, 5.41) is 2.80. The smallest absolute Gasteiger partial charge is 0.224 e. The van der Waals surface area contributed by atoms with Crippen LogP contribution in [0.4, 0.5) is 11.4 Å². The molecule has 5 heteroatoms. The first-order valence-electron chi connectivity index (χ1n) is 6.09. The van der Waals surface area contributed by atoms with Gasteiger partial charge in [-0.1, -0.05) is 6.07 Å². The molecule has 1 aliphatic heterocycles. The minimum Gasteiger partial charge on any atom is -0.399 e. The highest BCUT2D eigenvalue weighted by Crippen LogP contribution is 2.12. The van der Waals surface area contributed by atoms with E-state index in [1.165, 1.54) is 0 Å². The van der Waals surface area contributed by atoms with E-state index in [1.807, 2.05) is 12.1 Å². The molecular formula is C13H18N2O3. The van der Waals surface area contributed by atoms with Gasteiger partial charge in [0.2, 0.25) is 5.91 Å². The van der Waals surface area contributed by atoms with Crippen molar-refractivity contribution in [2.75, 3.05) is 30.9 Å². The number of amides is 1. The molecule has 0 aliphatic carbocycles. The molecule has 1 amide bonds. The summed E-state index contributed by atoms with van der Waals surface area (Å²) in [5.74, 6) is -0.0194. The van der Waals surface area contributed by atoms with Crippen LogP contribution in [-0.4, -0.2) is 31.8 Å². The van der Waals surface area contributed by atoms with Gasteiger partial charge in [0.05, 0.1) is 13.2 Å². The van der Waals surface area contributed by atoms with Crippen LogP contribution in [0.25, 0.3) is 0 Å². The Morgan fingerprint density at radius 2 is 2.33 bits per heavy atom. The van der Waals surface area contributed by atoms with Gasteiger partial charge in [0, 0.05) is 24.4 Å². The van der Waals surface area contributed by atoms with Crippen molar-refractivity contribution in [2.45, 2.75) is 18.9 Å². The van der Waals surface area contributed by atoms with Crippen LogP contribution in [0.1, 0.15) is 12.8 Å². The maximum Gasteiger partial charge on any atom is 0.224 e. The van der Waals surface area contributed by atoms with Gasteiger partial charge in [-0.05, 0) is 24.6 Å². The minimum atomic E-state index is -0.0194. The molecule has 1 fully saturated rings. The third-order valence-corrected chi connectivity index (χ3v) is 2.68. The van der Waals surface area contributed by atoms with Crippen LogP contribution in [0.3, 0.4) is 0 Å². The summed E-state index contributed by atoms with van der Waals surface area (Å²) < 4.78 is 10.5. The van der Waals surface area contributed by atoms with E-state index in [1.54, 1.807) is 12.1 Å². The number of nitrogens with two attached hydrogens (primary N) is 1. The normalized spacial score (nSPS) is 15.1. The van der Waals surface area contributed by atoms with E-state index >= 15 is 0 Å². The highest BCUT2D eigenvalue weighted by Gasteiger charge is 2.18. The molecule has 1 aliphatic rings. The average molecular weight is 250 g/mol. The Bertz CT molecular complexity index is 405. The van der Waals surface area contributed by atoms with Gasteiger partial charge < -0.3 is 20.5 Å². The number of carbonyl (C=O) groups is 1. The second kappa shape index (κ2) is 6.37. The van der Waals surface area contributed by atoms with Crippen LogP contribution in [0, 0.1) is 0 Å². The second-order valence-electron chi connectivity index (χ2n) is 4.31. The SMILES string of the molecule is Nc1cccc(NC(=O)CCCOC2COC2)c1. The zero-order valence-electron chi connectivity index (χ0n) is 10.2. The lowest BCUT2D eigenvalue weighted by molar-refractivity contribution is -0.131. The Balaban J connectivity index is 1.62. The lowest BCUT2D eigenvalue weighted by Gasteiger charge is -2.25. The molecule has 0 spiro atoms. The van der Waals surface area contributed by atoms with Crippen LogP contribution < -0.4 is 11.1 Å². The molecule has 1 aromatic rings. The van der Waals surface area contributed by atoms with Crippen molar-refractivity contribution in [3.63, 3.8) is 0 Å². The number of hydrogen-bond donors (Lipinski definition) is 2. The number of ether oxygens (including phenoxy) is 2. The van der Waals surface area contributed by atoms with Crippen molar-refractivity contribution >= 4 is 17.3 Å². The summed E-state index contributed by atoms with van der Waals surface area (Å²) in [5.41, 5.74) is 7.00. The zero-order chi connectivity index (χ0) is 12.8. The summed E-state index contributed by atoms with van der Waals surface area (Å²) >= 11 is 0. The van der Waals surface area contributed by atoms with E-state index in [0.29, 0.717) is 38.3 Å². The fraction of sp³-hybridized carbons (Fsp3) is 0.462. The van der Waals surface area contributed by atoms with Gasteiger partial charge in [-0.15, -0.1) is 0 Å². The van der Waals surface area contributed by atoms with Crippen molar-refractivity contribution in [3.8, 4) is 0 Å². The first-order chi connectivity index (χ1) is 8.74. The molecule has 1 heterocycles. The van der Waals surface area contributed by atoms with Crippen molar-refractivity contribution < 1.29 is 14.3 Å². The summed E-state index contributed by atoms with van der Waals surface area (Å²) in [7, 11) is 0. The van der Waals surface area contributed by atoms with E-state index in [4.69, 9.17) is 15.2 Å². The van der Waals surface area contributed by atoms with E-state index in [0.717, 1.165) is 5.69 Å². The molecule has 1 aromatic carbocycles. The third kappa shape index (κ3) is 4.01. The molecule has 0 aromatic heterocycles. The van der Waals surface area contributed by atoms with Crippen molar-refractivity contribution in [2.24, 2.45) is 0 Å². The summed E-state index contributed by atoms with van der Waals surface area (Å²) in [6.07, 6.45) is 1.38. The largest absolute Gasteiger partial charge is 0.399 e. The minimum absolute atomic E-state index is 0.0194. The molecule has 0 unspecified atom stereocenters. The number of nitrogens with one attached hydrogen (secondary N) is 1. The maximum atomic E-state index is 11.6. The Morgan fingerprint density at radius 1 is 1.50 bits per heavy atom. The molecule has 0 atom stereocenters. The number of anilines is 2. The Hall–Kier alpha value is -1.59. The van der Waals surface area contributed by atoms with Crippen molar-refractivity contribution in [1.82, 2.24) is 0 Å². The molecule has 0 saturated carbocycles. The zero-order valence-corrected chi connectivity index (χ0v) is 10.2. The molecule has 3 N–H and O–H groups in total. The molecule has 5 nitrogen and oxygen atoms in total. The number of benzene rings is 1. The second-order valence-corrected chi connectivity index (χ2v) is 4.31. The molecule has 98 valence electrons. The fourth-order valence-corrected chi connectivity index (χ4v) is 1.63. The lowest BCUT2D eigenvalue weighted by atomic mass is 10.2. The first-order valence-corrected chi connectivity index (χ1v) is 6.09. The lowest BCUT2D eigenvalue weighted by Crippen LogP contribution is -2.36. The molecule has 0 bridgehead atoms. The number of nitrogen functional groups attached to an aromatic ring is 1. The van der Waals surface area contributed by atoms with E-state index in [2.05, 4.69) is 5.32 Å². The van der Waals surface area contributed by atoms with Crippen molar-refractivity contribution in [1.29, 1.82) is 0 Å². The van der Waals surface area contributed by atoms with Gasteiger partial charge in [0.1, 0.15) is 6.10 Å². The standard InChI is InChI=1S/C13H18N2O3/c14-10-3-1-4-11(7-10)15-13(16)5-2-6-18-12-8-17-9-12/h1,3-4,7,12H,2,5-6,8-9,14H2,(H,15,16). The Kier molecular flexibility index (Phi) is 4.55. The molecule has 0 radical (unpaired) electrons. The van der Waals surface area contributed by atoms with Crippen LogP contribution in [-0.2, 0) is 14.3 Å². The van der Waals surface area contributed by atoms with E-state index in [-0.39, 0.29) is 12.0 Å². The van der Waals surface area contributed by atoms with Crippen LogP contribution >= 0.6 is 0 Å². The Morgan fingerprint density at radius 3 is 3.00 bits per heavy atom. The first kappa shape index (κ1) is 12.9. The van der Waals surface area contributed by atoms with Gasteiger partial charge >= 0.3 is 0 Å². The quantitative estimate of drug-likeness (QED) is 0.591. The topological polar surface area (TPSA) is 73.6 Å². The Labute approximate surface area is 106 Å². The predicted octanol–water partition coefficient (Wildman–Crippen LogP) is 1.40. The van der Waals surface area contributed by atoms with Gasteiger partial charge in [0.25, 0.3) is 0 Å². The van der Waals surface area contributed by atoms with Gasteiger partial charge in [0.15, 0.2) is 0 Å². The van der Waals surface area contributed by atoms with Crippen LogP contribution in [0.5, 0.6) is 0 Å². The highest BCUT2D eigenvalue weighted by atomic mass is 16.6. The van der Waals surface area contributed by atoms with Gasteiger partial charge in [-0.2, -0.15) is 0 Å². The maximum absolute atomic E-state index is 11.6. The number of hydrogen-bond acceptors (Lipinski definition) is 4. The van der Waals surface area contributed by atoms with Gasteiger partial charge in [-0.25, -0.2) is 0 Å². The number of rotatable bonds is 6. The predicted molar refractivity (Wildman–Crippen MR) is 69.3 cm³/mol. The summed E-state index contributed by atoms with van der Waals surface area (Å²) in [4.78, 5) is 11.6. The van der Waals surface area contributed by atoms with E-state index < -0.39 is 0 Å². The molecule has 1 saturated heterocycles. The van der Waals surface area contributed by atoms with Crippen LogP contribution in [0.2, 0.25) is 0 Å². The summed E-state index contributed by atoms with van der Waals surface area (Å²) in [6.45, 7) is 1.95. The third-order valence-electron chi connectivity index (χ3n) is 2.68. The van der Waals surface area contributed by atoms with E-state index in [9.17, 15) is 4.79 Å². The monoisotopic (exact) mass is 250 g/mol. The van der Waals surface area contributed by atoms with Crippen LogP contribution in [0.15, 0.2) is 24.3 Å². The molecule has 2 rings (SSSR count). The fourth-order valence-electron chi connectivity index (χ4n) is 1.63. The number of carbonyl (C=O) groups excluding carboxylic acids is 1. The molecular weight excluding hydrogens is 232 g/mol.